The fraction of sp³-hybridized carbons (Fsp3) is 0.353. The molecule has 0 spiro atoms. The van der Waals surface area contributed by atoms with Crippen molar-refractivity contribution in [3.05, 3.63) is 42.5 Å². The van der Waals surface area contributed by atoms with Crippen molar-refractivity contribution >= 4 is 23.4 Å². The van der Waals surface area contributed by atoms with Crippen LogP contribution in [0.5, 0.6) is 0 Å². The first-order valence-corrected chi connectivity index (χ1v) is 7.57. The number of hydrogen-bond acceptors (Lipinski definition) is 3. The van der Waals surface area contributed by atoms with Gasteiger partial charge in [-0.25, -0.2) is 0 Å². The molecule has 1 aromatic carbocycles. The van der Waals surface area contributed by atoms with Crippen LogP contribution < -0.4 is 10.6 Å². The third-order valence-corrected chi connectivity index (χ3v) is 3.77. The molecule has 0 saturated carbocycles. The van der Waals surface area contributed by atoms with E-state index in [2.05, 4.69) is 17.2 Å². The number of carbonyl (C=O) groups excluding carboxylic acids is 3. The zero-order valence-corrected chi connectivity index (χ0v) is 13.3. The molecule has 0 aliphatic carbocycles. The Hall–Kier alpha value is -2.63. The van der Waals surface area contributed by atoms with Crippen molar-refractivity contribution in [3.63, 3.8) is 0 Å². The first kappa shape index (κ1) is 16.7. The maximum Gasteiger partial charge on any atom is 0.251 e. The minimum absolute atomic E-state index is 0.0387. The number of nitrogens with zero attached hydrogens (tertiary/aromatic N) is 1. The van der Waals surface area contributed by atoms with Crippen LogP contribution in [-0.4, -0.2) is 41.2 Å². The molecule has 122 valence electrons. The number of anilines is 1. The van der Waals surface area contributed by atoms with Gasteiger partial charge in [0.2, 0.25) is 11.8 Å². The molecule has 1 aromatic rings. The van der Waals surface area contributed by atoms with Gasteiger partial charge in [-0.3, -0.25) is 14.4 Å². The second-order valence-corrected chi connectivity index (χ2v) is 5.71. The van der Waals surface area contributed by atoms with E-state index in [4.69, 9.17) is 0 Å². The molecule has 6 heteroatoms. The van der Waals surface area contributed by atoms with Gasteiger partial charge in [-0.05, 0) is 50.6 Å². The van der Waals surface area contributed by atoms with Crippen molar-refractivity contribution in [1.82, 2.24) is 10.2 Å². The molecule has 2 N–H and O–H groups in total. The predicted molar refractivity (Wildman–Crippen MR) is 88.0 cm³/mol. The van der Waals surface area contributed by atoms with Crippen LogP contribution in [0, 0.1) is 0 Å². The molecule has 2 rings (SSSR count). The Bertz CT molecular complexity index is 622. The monoisotopic (exact) mass is 315 g/mol. The molecule has 6 nitrogen and oxygen atoms in total. The first-order chi connectivity index (χ1) is 10.9. The van der Waals surface area contributed by atoms with Crippen LogP contribution in [-0.2, 0) is 9.59 Å². The Morgan fingerprint density at radius 3 is 2.48 bits per heavy atom. The summed E-state index contributed by atoms with van der Waals surface area (Å²) < 4.78 is 0. The summed E-state index contributed by atoms with van der Waals surface area (Å²) in [7, 11) is 0. The van der Waals surface area contributed by atoms with E-state index in [-0.39, 0.29) is 23.8 Å². The van der Waals surface area contributed by atoms with E-state index in [1.807, 2.05) is 13.8 Å². The van der Waals surface area contributed by atoms with Gasteiger partial charge >= 0.3 is 0 Å². The zero-order valence-electron chi connectivity index (χ0n) is 13.3. The molecule has 1 atom stereocenters. The largest absolute Gasteiger partial charge is 0.340 e. The van der Waals surface area contributed by atoms with E-state index >= 15 is 0 Å². The normalized spacial score (nSPS) is 17.3. The molecule has 1 fully saturated rings. The second kappa shape index (κ2) is 7.09. The van der Waals surface area contributed by atoms with Crippen LogP contribution in [0.1, 0.15) is 30.6 Å². The van der Waals surface area contributed by atoms with Crippen LogP contribution in [0.15, 0.2) is 36.9 Å². The molecular formula is C17H21N3O3. The Kier molecular flexibility index (Phi) is 5.16. The lowest BCUT2D eigenvalue weighted by atomic mass is 10.1. The number of nitrogens with one attached hydrogen (secondary N) is 2. The second-order valence-electron chi connectivity index (χ2n) is 5.71. The summed E-state index contributed by atoms with van der Waals surface area (Å²) in [5.41, 5.74) is 1.02. The summed E-state index contributed by atoms with van der Waals surface area (Å²) in [6.07, 6.45) is 1.79. The maximum atomic E-state index is 12.2. The smallest absolute Gasteiger partial charge is 0.251 e. The fourth-order valence-electron chi connectivity index (χ4n) is 2.49. The minimum atomic E-state index is -0.468. The predicted octanol–water partition coefficient (Wildman–Crippen LogP) is 1.55. The van der Waals surface area contributed by atoms with Gasteiger partial charge in [-0.1, -0.05) is 6.58 Å². The zero-order chi connectivity index (χ0) is 17.0. The maximum absolute atomic E-state index is 12.2. The number of likely N-dealkylation sites (tertiary alicyclic amines) is 1. The van der Waals surface area contributed by atoms with E-state index in [1.54, 1.807) is 29.2 Å². The molecule has 0 radical (unpaired) electrons. The standard InChI is InChI=1S/C17H21N3O3/c1-4-15(21)18-13-7-5-12(6-8-13)16(22)19-14-9-10-20(11(2)3)17(14)23/h4-8,11,14H,1,9-10H2,2-3H3,(H,18,21)(H,19,22). The Labute approximate surface area is 135 Å². The van der Waals surface area contributed by atoms with Gasteiger partial charge in [0, 0.05) is 23.8 Å². The molecule has 1 aliphatic rings. The van der Waals surface area contributed by atoms with E-state index in [0.29, 0.717) is 24.2 Å². The SMILES string of the molecule is C=CC(=O)Nc1ccc(C(=O)NC2CCN(C(C)C)C2=O)cc1. The Morgan fingerprint density at radius 1 is 1.30 bits per heavy atom. The average Bonchev–Trinajstić information content (AvgIpc) is 2.89. The molecule has 0 aromatic heterocycles. The number of carbonyl (C=O) groups is 3. The fourth-order valence-corrected chi connectivity index (χ4v) is 2.49. The van der Waals surface area contributed by atoms with E-state index in [1.165, 1.54) is 6.08 Å². The number of benzene rings is 1. The van der Waals surface area contributed by atoms with E-state index < -0.39 is 6.04 Å². The average molecular weight is 315 g/mol. The molecule has 0 bridgehead atoms. The topological polar surface area (TPSA) is 78.5 Å². The summed E-state index contributed by atoms with van der Waals surface area (Å²) in [4.78, 5) is 37.4. The molecule has 1 aliphatic heterocycles. The highest BCUT2D eigenvalue weighted by atomic mass is 16.2. The quantitative estimate of drug-likeness (QED) is 0.809. The molecule has 23 heavy (non-hydrogen) atoms. The molecule has 1 saturated heterocycles. The van der Waals surface area contributed by atoms with Gasteiger partial charge in [0.15, 0.2) is 0 Å². The third-order valence-electron chi connectivity index (χ3n) is 3.77. The lowest BCUT2D eigenvalue weighted by Crippen LogP contribution is -2.43. The van der Waals surface area contributed by atoms with E-state index in [0.717, 1.165) is 0 Å². The van der Waals surface area contributed by atoms with Crippen molar-refractivity contribution in [2.24, 2.45) is 0 Å². The van der Waals surface area contributed by atoms with Crippen LogP contribution in [0.2, 0.25) is 0 Å². The van der Waals surface area contributed by atoms with Gasteiger partial charge in [0.1, 0.15) is 6.04 Å². The summed E-state index contributed by atoms with van der Waals surface area (Å²) in [5.74, 6) is -0.647. The number of hydrogen-bond donors (Lipinski definition) is 2. The highest BCUT2D eigenvalue weighted by Gasteiger charge is 2.33. The van der Waals surface area contributed by atoms with Crippen LogP contribution in [0.4, 0.5) is 5.69 Å². The Morgan fingerprint density at radius 2 is 1.96 bits per heavy atom. The van der Waals surface area contributed by atoms with Crippen molar-refractivity contribution in [1.29, 1.82) is 0 Å². The lowest BCUT2D eigenvalue weighted by Gasteiger charge is -2.21. The first-order valence-electron chi connectivity index (χ1n) is 7.57. The van der Waals surface area contributed by atoms with E-state index in [9.17, 15) is 14.4 Å². The minimum Gasteiger partial charge on any atom is -0.340 e. The van der Waals surface area contributed by atoms with Gasteiger partial charge in [-0.15, -0.1) is 0 Å². The summed E-state index contributed by atoms with van der Waals surface area (Å²) in [5, 5.41) is 5.37. The van der Waals surface area contributed by atoms with Gasteiger partial charge < -0.3 is 15.5 Å². The summed E-state index contributed by atoms with van der Waals surface area (Å²) in [6, 6.07) is 6.14. The number of amides is 3. The van der Waals surface area contributed by atoms with Crippen molar-refractivity contribution < 1.29 is 14.4 Å². The number of rotatable bonds is 5. The third kappa shape index (κ3) is 3.97. The van der Waals surface area contributed by atoms with Crippen molar-refractivity contribution in [3.8, 4) is 0 Å². The van der Waals surface area contributed by atoms with Gasteiger partial charge in [0.05, 0.1) is 0 Å². The van der Waals surface area contributed by atoms with Crippen molar-refractivity contribution in [2.75, 3.05) is 11.9 Å². The molecule has 1 heterocycles. The molecular weight excluding hydrogens is 294 g/mol. The lowest BCUT2D eigenvalue weighted by molar-refractivity contribution is -0.130. The van der Waals surface area contributed by atoms with Gasteiger partial charge in [0.25, 0.3) is 5.91 Å². The van der Waals surface area contributed by atoms with Crippen LogP contribution >= 0.6 is 0 Å². The van der Waals surface area contributed by atoms with Crippen LogP contribution in [0.25, 0.3) is 0 Å². The summed E-state index contributed by atoms with van der Waals surface area (Å²) in [6.45, 7) is 7.95. The Balaban J connectivity index is 1.97. The van der Waals surface area contributed by atoms with Gasteiger partial charge in [-0.2, -0.15) is 0 Å². The van der Waals surface area contributed by atoms with Crippen LogP contribution in [0.3, 0.4) is 0 Å². The highest BCUT2D eigenvalue weighted by Crippen LogP contribution is 2.15. The molecule has 3 amide bonds. The molecule has 1 unspecified atom stereocenters. The summed E-state index contributed by atoms with van der Waals surface area (Å²) >= 11 is 0. The highest BCUT2D eigenvalue weighted by molar-refractivity contribution is 6.00. The van der Waals surface area contributed by atoms with Crippen molar-refractivity contribution in [2.45, 2.75) is 32.4 Å².